The van der Waals surface area contributed by atoms with E-state index >= 15 is 0 Å². The molecule has 0 aliphatic carbocycles. The Labute approximate surface area is 171 Å². The van der Waals surface area contributed by atoms with Gasteiger partial charge in [-0.2, -0.15) is 0 Å². The van der Waals surface area contributed by atoms with Crippen molar-refractivity contribution in [2.45, 2.75) is 19.6 Å². The summed E-state index contributed by atoms with van der Waals surface area (Å²) < 4.78 is 10.4. The molecule has 1 aliphatic rings. The molecule has 10 heteroatoms. The number of carbonyl (C=O) groups is 2. The number of hydrogen-bond acceptors (Lipinski definition) is 7. The van der Waals surface area contributed by atoms with Gasteiger partial charge in [0.05, 0.1) is 23.6 Å². The molecule has 0 saturated carbocycles. The average Bonchev–Trinajstić information content (AvgIpc) is 2.72. The normalized spacial score (nSPS) is 15.8. The molecule has 1 heterocycles. The van der Waals surface area contributed by atoms with Gasteiger partial charge in [0, 0.05) is 11.8 Å². The molecule has 156 valence electrons. The Morgan fingerprint density at radius 1 is 1.27 bits per heavy atom. The van der Waals surface area contributed by atoms with E-state index in [2.05, 4.69) is 10.6 Å². The number of benzene rings is 2. The zero-order valence-corrected chi connectivity index (χ0v) is 16.2. The van der Waals surface area contributed by atoms with Crippen molar-refractivity contribution in [3.63, 3.8) is 0 Å². The van der Waals surface area contributed by atoms with Crippen molar-refractivity contribution in [2.75, 3.05) is 7.11 Å². The highest BCUT2D eigenvalue weighted by Gasteiger charge is 2.34. The van der Waals surface area contributed by atoms with Crippen molar-refractivity contribution in [1.29, 1.82) is 0 Å². The van der Waals surface area contributed by atoms with Crippen molar-refractivity contribution >= 4 is 17.7 Å². The average molecular weight is 413 g/mol. The van der Waals surface area contributed by atoms with E-state index in [1.807, 2.05) is 6.07 Å². The van der Waals surface area contributed by atoms with E-state index in [4.69, 9.17) is 9.47 Å². The van der Waals surface area contributed by atoms with E-state index in [0.717, 1.165) is 11.6 Å². The van der Waals surface area contributed by atoms with Crippen LogP contribution in [0.4, 0.5) is 10.5 Å². The summed E-state index contributed by atoms with van der Waals surface area (Å²) in [5.41, 5.74) is 0.656. The number of nitrogens with zero attached hydrogens (tertiary/aromatic N) is 1. The number of allylic oxidation sites excluding steroid dienone is 1. The van der Waals surface area contributed by atoms with Crippen molar-refractivity contribution in [1.82, 2.24) is 10.6 Å². The predicted octanol–water partition coefficient (Wildman–Crippen LogP) is 2.68. The lowest BCUT2D eigenvalue weighted by Gasteiger charge is -2.28. The molecule has 0 aromatic heterocycles. The van der Waals surface area contributed by atoms with Gasteiger partial charge in [-0.3, -0.25) is 10.1 Å². The lowest BCUT2D eigenvalue weighted by Crippen LogP contribution is -2.45. The van der Waals surface area contributed by atoms with Gasteiger partial charge in [0.2, 0.25) is 5.75 Å². The number of ether oxygens (including phenoxy) is 2. The van der Waals surface area contributed by atoms with E-state index in [1.165, 1.54) is 20.1 Å². The van der Waals surface area contributed by atoms with Gasteiger partial charge in [0.15, 0.2) is 5.75 Å². The third kappa shape index (κ3) is 4.17. The van der Waals surface area contributed by atoms with Crippen LogP contribution in [0.1, 0.15) is 24.1 Å². The van der Waals surface area contributed by atoms with Gasteiger partial charge in [-0.25, -0.2) is 9.59 Å². The molecule has 1 aliphatic heterocycles. The first-order chi connectivity index (χ1) is 14.3. The van der Waals surface area contributed by atoms with E-state index in [-0.39, 0.29) is 29.2 Å². The molecule has 1 atom stereocenters. The standard InChI is InChI=1S/C20H19N3O7/c1-11-16(19(25)30-10-12-6-4-3-5-7-12)17(22-20(26)21-11)13-8-14(23(27)28)18(24)15(9-13)29-2/h3-9,17,24H,10H2,1-2H3,(H2,21,22,26). The summed E-state index contributed by atoms with van der Waals surface area (Å²) >= 11 is 0. The summed E-state index contributed by atoms with van der Waals surface area (Å²) in [5.74, 6) is -1.52. The third-order valence-electron chi connectivity index (χ3n) is 4.53. The van der Waals surface area contributed by atoms with Gasteiger partial charge in [-0.15, -0.1) is 0 Å². The first kappa shape index (κ1) is 20.6. The third-order valence-corrected chi connectivity index (χ3v) is 4.53. The number of hydrogen-bond donors (Lipinski definition) is 3. The number of carbonyl (C=O) groups excluding carboxylic acids is 2. The highest BCUT2D eigenvalue weighted by molar-refractivity contribution is 5.95. The van der Waals surface area contributed by atoms with E-state index in [0.29, 0.717) is 0 Å². The number of nitro benzene ring substituents is 1. The first-order valence-electron chi connectivity index (χ1n) is 8.86. The fourth-order valence-electron chi connectivity index (χ4n) is 3.09. The van der Waals surface area contributed by atoms with E-state index in [9.17, 15) is 24.8 Å². The molecule has 2 aromatic rings. The summed E-state index contributed by atoms with van der Waals surface area (Å²) in [4.78, 5) is 35.4. The minimum Gasteiger partial charge on any atom is -0.500 e. The minimum atomic E-state index is -1.05. The molecule has 0 bridgehead atoms. The lowest BCUT2D eigenvalue weighted by molar-refractivity contribution is -0.386. The summed E-state index contributed by atoms with van der Waals surface area (Å²) in [7, 11) is 1.24. The van der Waals surface area contributed by atoms with Gasteiger partial charge >= 0.3 is 17.7 Å². The minimum absolute atomic E-state index is 0.0101. The second-order valence-corrected chi connectivity index (χ2v) is 6.48. The zero-order chi connectivity index (χ0) is 21.8. The Balaban J connectivity index is 1.98. The van der Waals surface area contributed by atoms with Crippen LogP contribution >= 0.6 is 0 Å². The van der Waals surface area contributed by atoms with Crippen molar-refractivity contribution in [3.8, 4) is 11.5 Å². The van der Waals surface area contributed by atoms with Crippen LogP contribution in [0.2, 0.25) is 0 Å². The van der Waals surface area contributed by atoms with Gasteiger partial charge in [0.25, 0.3) is 0 Å². The smallest absolute Gasteiger partial charge is 0.338 e. The molecular weight excluding hydrogens is 394 g/mol. The van der Waals surface area contributed by atoms with Crippen LogP contribution in [0.25, 0.3) is 0 Å². The molecule has 0 saturated heterocycles. The van der Waals surface area contributed by atoms with Crippen molar-refractivity contribution < 1.29 is 29.1 Å². The number of aromatic hydroxyl groups is 1. The molecule has 1 unspecified atom stereocenters. The maximum Gasteiger partial charge on any atom is 0.338 e. The largest absolute Gasteiger partial charge is 0.500 e. The van der Waals surface area contributed by atoms with Crippen molar-refractivity contribution in [2.24, 2.45) is 0 Å². The van der Waals surface area contributed by atoms with Gasteiger partial charge in [-0.05, 0) is 24.1 Å². The topological polar surface area (TPSA) is 140 Å². The summed E-state index contributed by atoms with van der Waals surface area (Å²) in [6.45, 7) is 1.53. The van der Waals surface area contributed by atoms with E-state index in [1.54, 1.807) is 24.3 Å². The number of urea groups is 1. The Morgan fingerprint density at radius 2 is 1.97 bits per heavy atom. The van der Waals surface area contributed by atoms with Gasteiger partial charge < -0.3 is 25.2 Å². The highest BCUT2D eigenvalue weighted by Crippen LogP contribution is 2.40. The number of phenolic OH excluding ortho intramolecular Hbond substituents is 1. The molecule has 0 fully saturated rings. The fourth-order valence-corrected chi connectivity index (χ4v) is 3.09. The van der Waals surface area contributed by atoms with Crippen LogP contribution < -0.4 is 15.4 Å². The summed E-state index contributed by atoms with van der Waals surface area (Å²) in [5, 5.41) is 26.4. The number of phenols is 1. The number of nitro groups is 1. The Hall–Kier alpha value is -4.08. The number of amides is 2. The second kappa shape index (κ2) is 8.52. The molecule has 0 radical (unpaired) electrons. The van der Waals surface area contributed by atoms with Crippen LogP contribution in [-0.2, 0) is 16.1 Å². The summed E-state index contributed by atoms with van der Waals surface area (Å²) in [6, 6.07) is 9.79. The lowest BCUT2D eigenvalue weighted by atomic mass is 9.94. The molecule has 0 spiro atoms. The van der Waals surface area contributed by atoms with E-state index < -0.39 is 34.4 Å². The van der Waals surface area contributed by atoms with Crippen LogP contribution in [0.5, 0.6) is 11.5 Å². The zero-order valence-electron chi connectivity index (χ0n) is 16.2. The van der Waals surface area contributed by atoms with Gasteiger partial charge in [0.1, 0.15) is 6.61 Å². The maximum atomic E-state index is 12.8. The van der Waals surface area contributed by atoms with Crippen LogP contribution in [0, 0.1) is 10.1 Å². The molecule has 10 nitrogen and oxygen atoms in total. The highest BCUT2D eigenvalue weighted by atomic mass is 16.6. The molecular formula is C20H19N3O7. The molecule has 2 aromatic carbocycles. The van der Waals surface area contributed by atoms with Crippen LogP contribution in [0.15, 0.2) is 53.7 Å². The fraction of sp³-hybridized carbons (Fsp3) is 0.200. The number of nitrogens with one attached hydrogen (secondary N) is 2. The Bertz CT molecular complexity index is 1030. The number of methoxy groups -OCH3 is 1. The predicted molar refractivity (Wildman–Crippen MR) is 105 cm³/mol. The second-order valence-electron chi connectivity index (χ2n) is 6.48. The monoisotopic (exact) mass is 413 g/mol. The Morgan fingerprint density at radius 3 is 2.60 bits per heavy atom. The molecule has 3 rings (SSSR count). The maximum absolute atomic E-state index is 12.8. The van der Waals surface area contributed by atoms with Gasteiger partial charge in [-0.1, -0.05) is 30.3 Å². The van der Waals surface area contributed by atoms with Crippen LogP contribution in [-0.4, -0.2) is 29.1 Å². The summed E-state index contributed by atoms with van der Waals surface area (Å²) in [6.07, 6.45) is 0. The Kier molecular flexibility index (Phi) is 5.86. The number of esters is 1. The van der Waals surface area contributed by atoms with Crippen LogP contribution in [0.3, 0.4) is 0 Å². The number of rotatable bonds is 6. The van der Waals surface area contributed by atoms with Crippen molar-refractivity contribution in [3.05, 3.63) is 75.0 Å². The molecule has 3 N–H and O–H groups in total. The molecule has 30 heavy (non-hydrogen) atoms. The first-order valence-corrected chi connectivity index (χ1v) is 8.86. The quantitative estimate of drug-likeness (QED) is 0.376. The SMILES string of the molecule is COc1cc(C2NC(=O)NC(C)=C2C(=O)OCc2ccccc2)cc([N+](=O)[O-])c1O. The molecule has 2 amide bonds.